The number of furan rings is 1. The number of halogens is 3. The van der Waals surface area contributed by atoms with Crippen LogP contribution in [0, 0.1) is 0 Å². The standard InChI is InChI=1S/C23H24F3N3O6S/c1-36(31,32)11-9-29(22(30)23(24,25)26)13-16-6-8-19(34-16)15-5-7-18-17(12-15)21(28-14-27-18)35-20-4-2-3-10-33-20/h5-8,12,14,20H,2-4,9-11,13H2,1H3. The van der Waals surface area contributed by atoms with Crippen LogP contribution in [0.2, 0.25) is 0 Å². The number of benzene rings is 1. The van der Waals surface area contributed by atoms with Gasteiger partial charge in [0.2, 0.25) is 12.2 Å². The molecular formula is C23H24F3N3O6S. The Hall–Kier alpha value is -3.19. The maximum absolute atomic E-state index is 13.0. The number of amides is 1. The molecule has 1 amide bonds. The summed E-state index contributed by atoms with van der Waals surface area (Å²) in [7, 11) is -3.59. The molecule has 0 bridgehead atoms. The first-order chi connectivity index (χ1) is 17.0. The van der Waals surface area contributed by atoms with E-state index >= 15 is 0 Å². The molecule has 4 rings (SSSR count). The third kappa shape index (κ3) is 6.52. The first kappa shape index (κ1) is 25.9. The van der Waals surface area contributed by atoms with Gasteiger partial charge in [-0.3, -0.25) is 4.79 Å². The van der Waals surface area contributed by atoms with Gasteiger partial charge >= 0.3 is 12.1 Å². The number of ether oxygens (including phenoxy) is 2. The Morgan fingerprint density at radius 2 is 2.00 bits per heavy atom. The zero-order chi connectivity index (χ0) is 25.9. The molecule has 1 fully saturated rings. The second kappa shape index (κ2) is 10.4. The van der Waals surface area contributed by atoms with Gasteiger partial charge in [-0.05, 0) is 43.2 Å². The van der Waals surface area contributed by atoms with Crippen LogP contribution in [0.25, 0.3) is 22.2 Å². The average molecular weight is 528 g/mol. The molecule has 2 aromatic heterocycles. The molecule has 9 nitrogen and oxygen atoms in total. The number of hydrogen-bond acceptors (Lipinski definition) is 8. The molecule has 0 spiro atoms. The normalized spacial score (nSPS) is 16.7. The number of alkyl halides is 3. The second-order valence-electron chi connectivity index (χ2n) is 8.45. The first-order valence-corrected chi connectivity index (χ1v) is 13.2. The lowest BCUT2D eigenvalue weighted by atomic mass is 10.1. The van der Waals surface area contributed by atoms with Crippen LogP contribution < -0.4 is 4.74 Å². The van der Waals surface area contributed by atoms with Gasteiger partial charge in [0.15, 0.2) is 0 Å². The van der Waals surface area contributed by atoms with Crippen molar-refractivity contribution >= 4 is 26.6 Å². The number of hydrogen-bond donors (Lipinski definition) is 0. The van der Waals surface area contributed by atoms with Gasteiger partial charge in [0, 0.05) is 24.8 Å². The van der Waals surface area contributed by atoms with Gasteiger partial charge in [-0.25, -0.2) is 18.4 Å². The maximum atomic E-state index is 13.0. The van der Waals surface area contributed by atoms with Crippen LogP contribution in [0.1, 0.15) is 25.0 Å². The van der Waals surface area contributed by atoms with Crippen molar-refractivity contribution in [1.82, 2.24) is 14.9 Å². The topological polar surface area (TPSA) is 112 Å². The molecule has 0 aliphatic carbocycles. The van der Waals surface area contributed by atoms with E-state index in [1.54, 1.807) is 24.3 Å². The zero-order valence-electron chi connectivity index (χ0n) is 19.3. The molecule has 1 aliphatic rings. The van der Waals surface area contributed by atoms with Gasteiger partial charge < -0.3 is 18.8 Å². The van der Waals surface area contributed by atoms with Gasteiger partial charge in [-0.2, -0.15) is 13.2 Å². The van der Waals surface area contributed by atoms with E-state index in [1.807, 2.05) is 0 Å². The van der Waals surface area contributed by atoms with Crippen molar-refractivity contribution in [2.75, 3.05) is 25.2 Å². The molecule has 194 valence electrons. The third-order valence-electron chi connectivity index (χ3n) is 5.53. The van der Waals surface area contributed by atoms with Crippen LogP contribution in [0.5, 0.6) is 5.88 Å². The van der Waals surface area contributed by atoms with Crippen molar-refractivity contribution < 1.29 is 40.3 Å². The first-order valence-electron chi connectivity index (χ1n) is 11.2. The molecule has 1 aromatic carbocycles. The van der Waals surface area contributed by atoms with E-state index in [-0.39, 0.29) is 5.76 Å². The van der Waals surface area contributed by atoms with Gasteiger partial charge in [0.25, 0.3) is 0 Å². The quantitative estimate of drug-likeness (QED) is 0.436. The van der Waals surface area contributed by atoms with Crippen molar-refractivity contribution in [3.8, 4) is 17.2 Å². The fourth-order valence-electron chi connectivity index (χ4n) is 3.72. The Balaban J connectivity index is 1.57. The number of carbonyl (C=O) groups is 1. The number of aromatic nitrogens is 2. The summed E-state index contributed by atoms with van der Waals surface area (Å²) < 4.78 is 79.3. The third-order valence-corrected chi connectivity index (χ3v) is 6.46. The van der Waals surface area contributed by atoms with Crippen LogP contribution in [0.3, 0.4) is 0 Å². The summed E-state index contributed by atoms with van der Waals surface area (Å²) >= 11 is 0. The molecule has 0 N–H and O–H groups in total. The van der Waals surface area contributed by atoms with Gasteiger partial charge in [-0.1, -0.05) is 0 Å². The van der Waals surface area contributed by atoms with Crippen molar-refractivity contribution in [1.29, 1.82) is 0 Å². The van der Waals surface area contributed by atoms with Crippen LogP contribution in [0.4, 0.5) is 13.2 Å². The Morgan fingerprint density at radius 3 is 2.69 bits per heavy atom. The van der Waals surface area contributed by atoms with E-state index in [4.69, 9.17) is 13.9 Å². The molecular weight excluding hydrogens is 503 g/mol. The van der Waals surface area contributed by atoms with Crippen molar-refractivity contribution in [2.45, 2.75) is 38.3 Å². The minimum absolute atomic E-state index is 0.0626. The van der Waals surface area contributed by atoms with E-state index in [9.17, 15) is 26.4 Å². The average Bonchev–Trinajstić information content (AvgIpc) is 3.29. The molecule has 13 heteroatoms. The monoisotopic (exact) mass is 527 g/mol. The Bertz CT molecular complexity index is 1340. The fourth-order valence-corrected chi connectivity index (χ4v) is 4.27. The SMILES string of the molecule is CS(=O)(=O)CCN(Cc1ccc(-c2ccc3ncnc(OC4CCCCO4)c3c2)o1)C(=O)C(F)(F)F. The Kier molecular flexibility index (Phi) is 7.50. The second-order valence-corrected chi connectivity index (χ2v) is 10.7. The molecule has 1 unspecified atom stereocenters. The zero-order valence-corrected chi connectivity index (χ0v) is 20.1. The minimum Gasteiger partial charge on any atom is -0.459 e. The highest BCUT2D eigenvalue weighted by molar-refractivity contribution is 7.90. The molecule has 0 saturated carbocycles. The van der Waals surface area contributed by atoms with Crippen molar-refractivity contribution in [3.05, 3.63) is 42.4 Å². The lowest BCUT2D eigenvalue weighted by Gasteiger charge is -2.23. The van der Waals surface area contributed by atoms with E-state index in [2.05, 4.69) is 9.97 Å². The lowest BCUT2D eigenvalue weighted by molar-refractivity contribution is -0.186. The minimum atomic E-state index is -5.15. The molecule has 0 radical (unpaired) electrons. The maximum Gasteiger partial charge on any atom is 0.471 e. The van der Waals surface area contributed by atoms with Crippen LogP contribution in [0.15, 0.2) is 41.1 Å². The molecule has 1 saturated heterocycles. The predicted octanol–water partition coefficient (Wildman–Crippen LogP) is 3.73. The van der Waals surface area contributed by atoms with Crippen LogP contribution >= 0.6 is 0 Å². The molecule has 1 atom stereocenters. The van der Waals surface area contributed by atoms with Crippen molar-refractivity contribution in [2.24, 2.45) is 0 Å². The Morgan fingerprint density at radius 1 is 1.19 bits per heavy atom. The van der Waals surface area contributed by atoms with Gasteiger partial charge in [0.1, 0.15) is 27.7 Å². The molecule has 1 aliphatic heterocycles. The summed E-state index contributed by atoms with van der Waals surface area (Å²) in [5.74, 6) is -2.02. The highest BCUT2D eigenvalue weighted by Crippen LogP contribution is 2.31. The number of rotatable bonds is 8. The molecule has 36 heavy (non-hydrogen) atoms. The van der Waals surface area contributed by atoms with E-state index in [0.717, 1.165) is 25.5 Å². The number of nitrogens with zero attached hydrogens (tertiary/aromatic N) is 3. The lowest BCUT2D eigenvalue weighted by Crippen LogP contribution is -2.42. The summed E-state index contributed by atoms with van der Waals surface area (Å²) in [6, 6.07) is 8.18. The largest absolute Gasteiger partial charge is 0.471 e. The predicted molar refractivity (Wildman–Crippen MR) is 123 cm³/mol. The summed E-state index contributed by atoms with van der Waals surface area (Å²) in [6.45, 7) is -0.561. The van der Waals surface area contributed by atoms with Crippen LogP contribution in [-0.2, 0) is 25.9 Å². The summed E-state index contributed by atoms with van der Waals surface area (Å²) in [4.78, 5) is 20.7. The highest BCUT2D eigenvalue weighted by Gasteiger charge is 2.42. The van der Waals surface area contributed by atoms with E-state index < -0.39 is 47.1 Å². The summed E-state index contributed by atoms with van der Waals surface area (Å²) in [5.41, 5.74) is 1.21. The van der Waals surface area contributed by atoms with Crippen molar-refractivity contribution in [3.63, 3.8) is 0 Å². The van der Waals surface area contributed by atoms with E-state index in [1.165, 1.54) is 12.4 Å². The fraction of sp³-hybridized carbons (Fsp3) is 0.435. The smallest absolute Gasteiger partial charge is 0.459 e. The van der Waals surface area contributed by atoms with E-state index in [0.29, 0.717) is 39.6 Å². The molecule has 3 heterocycles. The van der Waals surface area contributed by atoms with Gasteiger partial charge in [-0.15, -0.1) is 0 Å². The summed E-state index contributed by atoms with van der Waals surface area (Å²) in [5, 5.41) is 0.601. The number of sulfone groups is 1. The molecule has 3 aromatic rings. The number of fused-ring (bicyclic) bond motifs is 1. The summed E-state index contributed by atoms with van der Waals surface area (Å²) in [6.07, 6.45) is -0.617. The van der Waals surface area contributed by atoms with Crippen LogP contribution in [-0.4, -0.2) is 66.8 Å². The number of carbonyl (C=O) groups excluding carboxylic acids is 1. The Labute approximate surface area is 205 Å². The van der Waals surface area contributed by atoms with Gasteiger partial charge in [0.05, 0.1) is 29.8 Å². The highest BCUT2D eigenvalue weighted by atomic mass is 32.2.